The van der Waals surface area contributed by atoms with Crippen molar-refractivity contribution in [2.45, 2.75) is 13.0 Å². The van der Waals surface area contributed by atoms with Gasteiger partial charge in [-0.1, -0.05) is 23.2 Å². The van der Waals surface area contributed by atoms with E-state index in [-0.39, 0.29) is 5.91 Å². The smallest absolute Gasteiger partial charge is 0.259 e. The molecule has 0 aromatic heterocycles. The Morgan fingerprint density at radius 2 is 1.95 bits per heavy atom. The number of nitrogens with zero attached hydrogens (tertiary/aromatic N) is 2. The Morgan fingerprint density at radius 1 is 1.30 bits per heavy atom. The number of carbonyl (C=O) groups excluding carboxylic acids is 1. The molecule has 2 rings (SSSR count). The number of likely N-dealkylation sites (N-methyl/N-ethyl adjacent to an activating group) is 1. The molecule has 1 aromatic rings. The maximum absolute atomic E-state index is 12.7. The summed E-state index contributed by atoms with van der Waals surface area (Å²) in [6.45, 7) is 4.27. The van der Waals surface area contributed by atoms with E-state index in [0.29, 0.717) is 40.5 Å². The molecule has 20 heavy (non-hydrogen) atoms. The van der Waals surface area contributed by atoms with Crippen LogP contribution in [0.2, 0.25) is 10.0 Å². The summed E-state index contributed by atoms with van der Waals surface area (Å²) in [5.74, 6) is 0.213. The Kier molecular flexibility index (Phi) is 4.78. The van der Waals surface area contributed by atoms with E-state index < -0.39 is 0 Å². The average molecular weight is 317 g/mol. The van der Waals surface area contributed by atoms with Gasteiger partial charge in [0.2, 0.25) is 0 Å². The van der Waals surface area contributed by atoms with Crippen molar-refractivity contribution in [3.63, 3.8) is 0 Å². The first-order valence-corrected chi connectivity index (χ1v) is 7.22. The summed E-state index contributed by atoms with van der Waals surface area (Å²) in [5, 5.41) is 0.755. The minimum atomic E-state index is -0.130. The van der Waals surface area contributed by atoms with Crippen LogP contribution in [-0.2, 0) is 0 Å². The summed E-state index contributed by atoms with van der Waals surface area (Å²) in [7, 11) is 3.54. The summed E-state index contributed by atoms with van der Waals surface area (Å²) < 4.78 is 5.24. The molecule has 1 fully saturated rings. The van der Waals surface area contributed by atoms with E-state index in [1.165, 1.54) is 7.11 Å². The second-order valence-electron chi connectivity index (χ2n) is 5.02. The fraction of sp³-hybridized carbons (Fsp3) is 0.500. The molecule has 1 heterocycles. The van der Waals surface area contributed by atoms with Crippen molar-refractivity contribution >= 4 is 29.1 Å². The molecule has 0 N–H and O–H groups in total. The van der Waals surface area contributed by atoms with E-state index in [1.807, 2.05) is 0 Å². The quantitative estimate of drug-likeness (QED) is 0.841. The molecule has 1 atom stereocenters. The Hall–Kier alpha value is -0.970. The monoisotopic (exact) mass is 316 g/mol. The standard InChI is InChI=1S/C14H18Cl2N2O2/c1-9-8-18(7-6-17(9)2)14(19)12-10(15)4-5-11(16)13(12)20-3/h4-5,9H,6-8H2,1-3H3. The Bertz CT molecular complexity index is 522. The molecule has 110 valence electrons. The van der Waals surface area contributed by atoms with Crippen LogP contribution < -0.4 is 4.74 Å². The van der Waals surface area contributed by atoms with E-state index in [0.717, 1.165) is 6.54 Å². The van der Waals surface area contributed by atoms with Crippen LogP contribution in [0, 0.1) is 0 Å². The van der Waals surface area contributed by atoms with E-state index >= 15 is 0 Å². The fourth-order valence-electron chi connectivity index (χ4n) is 2.32. The number of carbonyl (C=O) groups is 1. The third kappa shape index (κ3) is 2.87. The fourth-order valence-corrected chi connectivity index (χ4v) is 2.79. The number of hydrogen-bond acceptors (Lipinski definition) is 3. The summed E-state index contributed by atoms with van der Waals surface area (Å²) in [4.78, 5) is 16.7. The van der Waals surface area contributed by atoms with Crippen LogP contribution in [0.25, 0.3) is 0 Å². The maximum atomic E-state index is 12.7. The summed E-state index contributed by atoms with van der Waals surface area (Å²) in [5.41, 5.74) is 0.346. The van der Waals surface area contributed by atoms with E-state index in [4.69, 9.17) is 27.9 Å². The molecule has 6 heteroatoms. The summed E-state index contributed by atoms with van der Waals surface area (Å²) in [6, 6.07) is 3.57. The first kappa shape index (κ1) is 15.4. The number of piperazine rings is 1. The lowest BCUT2D eigenvalue weighted by atomic mass is 10.1. The van der Waals surface area contributed by atoms with Crippen LogP contribution in [0.1, 0.15) is 17.3 Å². The molecule has 0 radical (unpaired) electrons. The third-order valence-electron chi connectivity index (χ3n) is 3.72. The lowest BCUT2D eigenvalue weighted by Gasteiger charge is -2.38. The highest BCUT2D eigenvalue weighted by molar-refractivity contribution is 6.37. The van der Waals surface area contributed by atoms with Crippen LogP contribution in [0.5, 0.6) is 5.75 Å². The minimum absolute atomic E-state index is 0.130. The number of halogens is 2. The number of methoxy groups -OCH3 is 1. The van der Waals surface area contributed by atoms with Gasteiger partial charge >= 0.3 is 0 Å². The molecular formula is C14H18Cl2N2O2. The maximum Gasteiger partial charge on any atom is 0.259 e. The van der Waals surface area contributed by atoms with Crippen molar-refractivity contribution in [1.82, 2.24) is 9.80 Å². The van der Waals surface area contributed by atoms with Crippen molar-refractivity contribution in [2.24, 2.45) is 0 Å². The van der Waals surface area contributed by atoms with Gasteiger partial charge in [-0.3, -0.25) is 4.79 Å². The predicted molar refractivity (Wildman–Crippen MR) is 81.0 cm³/mol. The molecule has 0 bridgehead atoms. The zero-order chi connectivity index (χ0) is 14.9. The van der Waals surface area contributed by atoms with E-state index in [1.54, 1.807) is 17.0 Å². The molecule has 0 spiro atoms. The molecule has 1 amide bonds. The molecular weight excluding hydrogens is 299 g/mol. The molecule has 1 aliphatic heterocycles. The van der Waals surface area contributed by atoms with Crippen LogP contribution in [0.3, 0.4) is 0 Å². The van der Waals surface area contributed by atoms with Crippen molar-refractivity contribution in [1.29, 1.82) is 0 Å². The SMILES string of the molecule is COc1c(Cl)ccc(Cl)c1C(=O)N1CCN(C)C(C)C1. The molecule has 1 saturated heterocycles. The van der Waals surface area contributed by atoms with E-state index in [2.05, 4.69) is 18.9 Å². The van der Waals surface area contributed by atoms with Gasteiger partial charge in [0.25, 0.3) is 5.91 Å². The Morgan fingerprint density at radius 3 is 2.55 bits per heavy atom. The van der Waals surface area contributed by atoms with Gasteiger partial charge in [-0.15, -0.1) is 0 Å². The van der Waals surface area contributed by atoms with Gasteiger partial charge in [-0.05, 0) is 26.1 Å². The number of amides is 1. The van der Waals surface area contributed by atoms with Crippen molar-refractivity contribution in [2.75, 3.05) is 33.8 Å². The second kappa shape index (κ2) is 6.20. The number of ether oxygens (including phenoxy) is 1. The molecule has 1 unspecified atom stereocenters. The average Bonchev–Trinajstić information content (AvgIpc) is 2.43. The summed E-state index contributed by atoms with van der Waals surface area (Å²) >= 11 is 12.2. The highest BCUT2D eigenvalue weighted by atomic mass is 35.5. The van der Waals surface area contributed by atoms with Gasteiger partial charge in [0.15, 0.2) is 5.75 Å². The van der Waals surface area contributed by atoms with Crippen LogP contribution in [0.4, 0.5) is 0 Å². The predicted octanol–water partition coefficient (Wildman–Crippen LogP) is 2.78. The second-order valence-corrected chi connectivity index (χ2v) is 5.83. The first-order valence-electron chi connectivity index (χ1n) is 6.47. The number of rotatable bonds is 2. The zero-order valence-electron chi connectivity index (χ0n) is 11.8. The minimum Gasteiger partial charge on any atom is -0.494 e. The Balaban J connectivity index is 2.32. The zero-order valence-corrected chi connectivity index (χ0v) is 13.3. The molecule has 1 aromatic carbocycles. The van der Waals surface area contributed by atoms with Crippen LogP contribution in [-0.4, -0.2) is 55.5 Å². The number of hydrogen-bond donors (Lipinski definition) is 0. The van der Waals surface area contributed by atoms with Crippen LogP contribution >= 0.6 is 23.2 Å². The highest BCUT2D eigenvalue weighted by Gasteiger charge is 2.29. The molecule has 0 aliphatic carbocycles. The topological polar surface area (TPSA) is 32.8 Å². The van der Waals surface area contributed by atoms with Gasteiger partial charge in [0, 0.05) is 25.7 Å². The Labute approximate surface area is 129 Å². The van der Waals surface area contributed by atoms with Gasteiger partial charge in [0.1, 0.15) is 5.56 Å². The third-order valence-corrected chi connectivity index (χ3v) is 4.34. The van der Waals surface area contributed by atoms with Gasteiger partial charge < -0.3 is 14.5 Å². The summed E-state index contributed by atoms with van der Waals surface area (Å²) in [6.07, 6.45) is 0. The van der Waals surface area contributed by atoms with Gasteiger partial charge in [0.05, 0.1) is 17.2 Å². The lowest BCUT2D eigenvalue weighted by molar-refractivity contribution is 0.0569. The normalized spacial score (nSPS) is 20.1. The molecule has 4 nitrogen and oxygen atoms in total. The molecule has 0 saturated carbocycles. The number of benzene rings is 1. The largest absolute Gasteiger partial charge is 0.494 e. The van der Waals surface area contributed by atoms with Crippen molar-refractivity contribution < 1.29 is 9.53 Å². The van der Waals surface area contributed by atoms with Gasteiger partial charge in [-0.25, -0.2) is 0 Å². The molecule has 1 aliphatic rings. The van der Waals surface area contributed by atoms with E-state index in [9.17, 15) is 4.79 Å². The lowest BCUT2D eigenvalue weighted by Crippen LogP contribution is -2.52. The van der Waals surface area contributed by atoms with Crippen molar-refractivity contribution in [3.8, 4) is 5.75 Å². The van der Waals surface area contributed by atoms with Crippen LogP contribution in [0.15, 0.2) is 12.1 Å². The first-order chi connectivity index (χ1) is 9.45. The highest BCUT2D eigenvalue weighted by Crippen LogP contribution is 2.35. The van der Waals surface area contributed by atoms with Gasteiger partial charge in [-0.2, -0.15) is 0 Å². The van der Waals surface area contributed by atoms with Crippen molar-refractivity contribution in [3.05, 3.63) is 27.7 Å².